The molecular formula is C17H29N3O2. The molecule has 1 fully saturated rings. The highest BCUT2D eigenvalue weighted by Gasteiger charge is 2.26. The highest BCUT2D eigenvalue weighted by molar-refractivity contribution is 5.70. The molecule has 2 N–H and O–H groups in total. The van der Waals surface area contributed by atoms with Gasteiger partial charge in [0.1, 0.15) is 0 Å². The molecule has 0 atom stereocenters. The monoisotopic (exact) mass is 307 g/mol. The highest BCUT2D eigenvalue weighted by atomic mass is 16.4. The minimum absolute atomic E-state index is 0.00730. The van der Waals surface area contributed by atoms with Crippen LogP contribution >= 0.6 is 0 Å². The van der Waals surface area contributed by atoms with Gasteiger partial charge >= 0.3 is 5.97 Å². The molecule has 0 aromatic carbocycles. The van der Waals surface area contributed by atoms with Crippen LogP contribution in [0.4, 0.5) is 0 Å². The van der Waals surface area contributed by atoms with Gasteiger partial charge in [0.05, 0.1) is 17.2 Å². The molecule has 0 spiro atoms. The molecule has 0 amide bonds. The van der Waals surface area contributed by atoms with Gasteiger partial charge in [0.25, 0.3) is 0 Å². The van der Waals surface area contributed by atoms with Crippen molar-refractivity contribution in [1.29, 1.82) is 0 Å². The summed E-state index contributed by atoms with van der Waals surface area (Å²) in [5, 5.41) is 17.3. The van der Waals surface area contributed by atoms with E-state index in [-0.39, 0.29) is 11.5 Å². The lowest BCUT2D eigenvalue weighted by Crippen LogP contribution is -2.34. The molecule has 0 saturated heterocycles. The van der Waals surface area contributed by atoms with Crippen LogP contribution in [0.2, 0.25) is 0 Å². The van der Waals surface area contributed by atoms with Crippen molar-refractivity contribution < 1.29 is 9.90 Å². The predicted molar refractivity (Wildman–Crippen MR) is 86.9 cm³/mol. The van der Waals surface area contributed by atoms with E-state index in [1.165, 1.54) is 11.3 Å². The zero-order chi connectivity index (χ0) is 16.5. The minimum Gasteiger partial charge on any atom is -0.481 e. The third kappa shape index (κ3) is 3.69. The number of rotatable bonds is 4. The average Bonchev–Trinajstić information content (AvgIpc) is 2.72. The molecular weight excluding hydrogens is 278 g/mol. The van der Waals surface area contributed by atoms with Crippen LogP contribution in [0.3, 0.4) is 0 Å². The molecule has 1 heterocycles. The van der Waals surface area contributed by atoms with Gasteiger partial charge in [-0.15, -0.1) is 0 Å². The highest BCUT2D eigenvalue weighted by Crippen LogP contribution is 2.26. The summed E-state index contributed by atoms with van der Waals surface area (Å²) in [6, 6.07) is 0.424. The predicted octanol–water partition coefficient (Wildman–Crippen LogP) is 2.99. The van der Waals surface area contributed by atoms with Crippen LogP contribution in [0.1, 0.15) is 63.4 Å². The topological polar surface area (TPSA) is 67.2 Å². The van der Waals surface area contributed by atoms with E-state index in [4.69, 9.17) is 5.11 Å². The number of aromatic nitrogens is 2. The fourth-order valence-corrected chi connectivity index (χ4v) is 3.37. The van der Waals surface area contributed by atoms with Crippen molar-refractivity contribution in [3.8, 4) is 0 Å². The van der Waals surface area contributed by atoms with Crippen LogP contribution in [-0.2, 0) is 16.9 Å². The molecule has 22 heavy (non-hydrogen) atoms. The van der Waals surface area contributed by atoms with E-state index >= 15 is 0 Å². The second kappa shape index (κ2) is 6.41. The molecule has 1 aliphatic rings. The molecule has 1 saturated carbocycles. The molecule has 1 aromatic rings. The molecule has 124 valence electrons. The van der Waals surface area contributed by atoms with Crippen LogP contribution in [0, 0.1) is 19.8 Å². The number of carboxylic acids is 1. The van der Waals surface area contributed by atoms with Crippen molar-refractivity contribution in [2.45, 2.75) is 78.4 Å². The molecule has 0 aliphatic heterocycles. The Labute approximate surface area is 133 Å². The van der Waals surface area contributed by atoms with Gasteiger partial charge in [-0.3, -0.25) is 9.48 Å². The average molecular weight is 307 g/mol. The first-order valence-electron chi connectivity index (χ1n) is 8.22. The third-order valence-corrected chi connectivity index (χ3v) is 4.72. The summed E-state index contributed by atoms with van der Waals surface area (Å²) in [6.07, 6.45) is 3.46. The summed E-state index contributed by atoms with van der Waals surface area (Å²) in [5.41, 5.74) is 3.57. The smallest absolute Gasteiger partial charge is 0.306 e. The Balaban J connectivity index is 1.96. The molecule has 1 aromatic heterocycles. The Hall–Kier alpha value is -1.36. The Bertz CT molecular complexity index is 535. The summed E-state index contributed by atoms with van der Waals surface area (Å²) < 4.78 is 2.10. The lowest BCUT2D eigenvalue weighted by molar-refractivity contribution is -0.142. The van der Waals surface area contributed by atoms with Crippen molar-refractivity contribution in [3.63, 3.8) is 0 Å². The molecule has 1 aliphatic carbocycles. The van der Waals surface area contributed by atoms with Crippen LogP contribution in [0.5, 0.6) is 0 Å². The maximum absolute atomic E-state index is 11.0. The molecule has 0 bridgehead atoms. The second-order valence-corrected chi connectivity index (χ2v) is 7.50. The van der Waals surface area contributed by atoms with E-state index < -0.39 is 5.97 Å². The lowest BCUT2D eigenvalue weighted by atomic mass is 9.86. The van der Waals surface area contributed by atoms with Crippen molar-refractivity contribution in [2.24, 2.45) is 5.92 Å². The molecule has 5 heteroatoms. The minimum atomic E-state index is -0.642. The fourth-order valence-electron chi connectivity index (χ4n) is 3.37. The number of nitrogens with one attached hydrogen (secondary N) is 1. The lowest BCUT2D eigenvalue weighted by Gasteiger charge is -2.27. The van der Waals surface area contributed by atoms with Crippen LogP contribution in [0.25, 0.3) is 0 Å². The summed E-state index contributed by atoms with van der Waals surface area (Å²) >= 11 is 0. The van der Waals surface area contributed by atoms with E-state index in [2.05, 4.69) is 49.7 Å². The third-order valence-electron chi connectivity index (χ3n) is 4.72. The first-order chi connectivity index (χ1) is 10.2. The summed E-state index contributed by atoms with van der Waals surface area (Å²) in [7, 11) is 0. The van der Waals surface area contributed by atoms with Crippen molar-refractivity contribution in [2.75, 3.05) is 0 Å². The number of nitrogens with zero attached hydrogens (tertiary/aromatic N) is 2. The number of carboxylic acid groups (broad SMARTS) is 1. The van der Waals surface area contributed by atoms with Crippen LogP contribution in [-0.4, -0.2) is 26.9 Å². The molecule has 5 nitrogen and oxygen atoms in total. The zero-order valence-corrected chi connectivity index (χ0v) is 14.4. The maximum atomic E-state index is 11.0. The van der Waals surface area contributed by atoms with Gasteiger partial charge in [-0.05, 0) is 60.3 Å². The quantitative estimate of drug-likeness (QED) is 0.897. The zero-order valence-electron chi connectivity index (χ0n) is 14.4. The molecule has 2 rings (SSSR count). The number of carbonyl (C=O) groups is 1. The fraction of sp³-hybridized carbons (Fsp3) is 0.765. The molecule has 0 radical (unpaired) electrons. The number of hydrogen-bond acceptors (Lipinski definition) is 3. The largest absolute Gasteiger partial charge is 0.481 e. The standard InChI is InChI=1S/C17H29N3O2/c1-11-15(12(2)20(19-11)17(3,4)5)10-18-14-8-6-13(7-9-14)16(21)22/h13-14,18H,6-10H2,1-5H3,(H,21,22). The Morgan fingerprint density at radius 1 is 1.27 bits per heavy atom. The van der Waals surface area contributed by atoms with Gasteiger partial charge in [-0.1, -0.05) is 0 Å². The summed E-state index contributed by atoms with van der Waals surface area (Å²) in [6.45, 7) is 11.5. The van der Waals surface area contributed by atoms with E-state index in [1.807, 2.05) is 0 Å². The van der Waals surface area contributed by atoms with Crippen LogP contribution in [0.15, 0.2) is 0 Å². The van der Waals surface area contributed by atoms with E-state index in [9.17, 15) is 4.79 Å². The SMILES string of the molecule is Cc1nn(C(C)(C)C)c(C)c1CNC1CCC(C(=O)O)CC1. The van der Waals surface area contributed by atoms with Gasteiger partial charge in [-0.25, -0.2) is 0 Å². The first-order valence-corrected chi connectivity index (χ1v) is 8.22. The van der Waals surface area contributed by atoms with Crippen molar-refractivity contribution in [3.05, 3.63) is 17.0 Å². The van der Waals surface area contributed by atoms with E-state index in [0.717, 1.165) is 37.9 Å². The van der Waals surface area contributed by atoms with Gasteiger partial charge < -0.3 is 10.4 Å². The van der Waals surface area contributed by atoms with Gasteiger partial charge in [0, 0.05) is 23.8 Å². The van der Waals surface area contributed by atoms with E-state index in [0.29, 0.717) is 6.04 Å². The van der Waals surface area contributed by atoms with Gasteiger partial charge in [-0.2, -0.15) is 5.10 Å². The summed E-state index contributed by atoms with van der Waals surface area (Å²) in [5.74, 6) is -0.790. The first kappa shape index (κ1) is 17.0. The van der Waals surface area contributed by atoms with Crippen molar-refractivity contribution in [1.82, 2.24) is 15.1 Å². The van der Waals surface area contributed by atoms with Crippen LogP contribution < -0.4 is 5.32 Å². The van der Waals surface area contributed by atoms with Crippen molar-refractivity contribution >= 4 is 5.97 Å². The number of hydrogen-bond donors (Lipinski definition) is 2. The maximum Gasteiger partial charge on any atom is 0.306 e. The van der Waals surface area contributed by atoms with Gasteiger partial charge in [0.2, 0.25) is 0 Å². The molecule has 0 unspecified atom stereocenters. The second-order valence-electron chi connectivity index (χ2n) is 7.50. The summed E-state index contributed by atoms with van der Waals surface area (Å²) in [4.78, 5) is 11.0. The number of aryl methyl sites for hydroxylation is 1. The van der Waals surface area contributed by atoms with Gasteiger partial charge in [0.15, 0.2) is 0 Å². The number of aliphatic carboxylic acids is 1. The van der Waals surface area contributed by atoms with E-state index in [1.54, 1.807) is 0 Å². The Morgan fingerprint density at radius 3 is 2.32 bits per heavy atom. The Morgan fingerprint density at radius 2 is 1.86 bits per heavy atom. The Kier molecular flexibility index (Phi) is 4.95. The normalized spacial score (nSPS) is 22.8.